The molecule has 154 valence electrons. The van der Waals surface area contributed by atoms with Gasteiger partial charge in [0.2, 0.25) is 11.8 Å². The molecule has 1 N–H and O–H groups in total. The summed E-state index contributed by atoms with van der Waals surface area (Å²) < 4.78 is 0. The predicted octanol–water partition coefficient (Wildman–Crippen LogP) is 3.78. The van der Waals surface area contributed by atoms with Gasteiger partial charge < -0.3 is 10.2 Å². The van der Waals surface area contributed by atoms with Crippen molar-refractivity contribution in [3.63, 3.8) is 0 Å². The maximum atomic E-state index is 12.7. The summed E-state index contributed by atoms with van der Waals surface area (Å²) in [5, 5.41) is 3.66. The quantitative estimate of drug-likeness (QED) is 0.707. The molecular weight excluding hydrogens is 406 g/mol. The maximum Gasteiger partial charge on any atom is 0.241 e. The molecule has 1 fully saturated rings. The van der Waals surface area contributed by atoms with E-state index in [1.807, 2.05) is 60.5 Å². The highest BCUT2D eigenvalue weighted by atomic mass is 35.5. The number of carbonyl (C=O) groups is 2. The minimum absolute atomic E-state index is 0.0256. The number of anilines is 1. The zero-order valence-electron chi connectivity index (χ0n) is 16.7. The molecule has 2 amide bonds. The van der Waals surface area contributed by atoms with Gasteiger partial charge in [-0.25, -0.2) is 0 Å². The molecule has 1 saturated heterocycles. The van der Waals surface area contributed by atoms with E-state index in [1.54, 1.807) is 17.8 Å². The molecule has 1 heterocycles. The van der Waals surface area contributed by atoms with E-state index in [0.29, 0.717) is 37.6 Å². The van der Waals surface area contributed by atoms with Gasteiger partial charge in [0.25, 0.3) is 0 Å². The Hall–Kier alpha value is -2.02. The fourth-order valence-corrected chi connectivity index (χ4v) is 4.18. The summed E-state index contributed by atoms with van der Waals surface area (Å²) in [6.07, 6.45) is 2.30. The van der Waals surface area contributed by atoms with Gasteiger partial charge in [0.15, 0.2) is 0 Å². The predicted molar refractivity (Wildman–Crippen MR) is 120 cm³/mol. The van der Waals surface area contributed by atoms with E-state index in [4.69, 9.17) is 11.6 Å². The number of halogens is 1. The van der Waals surface area contributed by atoms with Crippen molar-refractivity contribution in [3.05, 3.63) is 59.1 Å². The first-order valence-electron chi connectivity index (χ1n) is 9.68. The largest absolute Gasteiger partial charge is 0.340 e. The van der Waals surface area contributed by atoms with Gasteiger partial charge in [-0.3, -0.25) is 14.5 Å². The van der Waals surface area contributed by atoms with Gasteiger partial charge in [0, 0.05) is 36.1 Å². The van der Waals surface area contributed by atoms with Crippen molar-refractivity contribution in [3.8, 4) is 0 Å². The maximum absolute atomic E-state index is 12.7. The molecule has 29 heavy (non-hydrogen) atoms. The molecule has 1 unspecified atom stereocenters. The molecule has 1 aliphatic heterocycles. The van der Waals surface area contributed by atoms with Crippen molar-refractivity contribution in [2.24, 2.45) is 0 Å². The van der Waals surface area contributed by atoms with E-state index >= 15 is 0 Å². The summed E-state index contributed by atoms with van der Waals surface area (Å²) >= 11 is 7.78. The molecule has 3 rings (SSSR count). The summed E-state index contributed by atoms with van der Waals surface area (Å²) in [6, 6.07) is 15.0. The number of hydrogen-bond donors (Lipinski definition) is 1. The highest BCUT2D eigenvalue weighted by Gasteiger charge is 2.28. The Morgan fingerprint density at radius 2 is 1.72 bits per heavy atom. The lowest BCUT2D eigenvalue weighted by Crippen LogP contribution is -2.54. The minimum Gasteiger partial charge on any atom is -0.340 e. The Bertz CT molecular complexity index is 869. The van der Waals surface area contributed by atoms with Crippen molar-refractivity contribution >= 4 is 40.9 Å². The molecule has 1 aliphatic rings. The molecule has 0 aliphatic carbocycles. The summed E-state index contributed by atoms with van der Waals surface area (Å²) in [5.41, 5.74) is 1.69. The van der Waals surface area contributed by atoms with Gasteiger partial charge in [-0.05, 0) is 36.9 Å². The molecular formula is C22H26ClN3O2S. The lowest BCUT2D eigenvalue weighted by atomic mass is 10.1. The first-order valence-corrected chi connectivity index (χ1v) is 11.3. The van der Waals surface area contributed by atoms with E-state index in [2.05, 4.69) is 10.2 Å². The number of amides is 2. The number of benzene rings is 2. The SMILES string of the molecule is CSc1ccccc1NC(=O)C(C)N1CCN(C(=O)Cc2ccccc2Cl)CC1. The van der Waals surface area contributed by atoms with Crippen molar-refractivity contribution in [1.29, 1.82) is 0 Å². The second kappa shape index (κ2) is 10.1. The Labute approximate surface area is 181 Å². The van der Waals surface area contributed by atoms with Crippen LogP contribution in [0.15, 0.2) is 53.4 Å². The standard InChI is InChI=1S/C22H26ClN3O2S/c1-16(22(28)24-19-9-5-6-10-20(19)29-2)25-11-13-26(14-12-25)21(27)15-17-7-3-4-8-18(17)23/h3-10,16H,11-15H2,1-2H3,(H,24,28). The fourth-order valence-electron chi connectivity index (χ4n) is 3.43. The van der Waals surface area contributed by atoms with Crippen LogP contribution in [0.5, 0.6) is 0 Å². The normalized spacial score (nSPS) is 15.8. The topological polar surface area (TPSA) is 52.7 Å². The molecule has 1 atom stereocenters. The Kier molecular flexibility index (Phi) is 7.58. The molecule has 2 aromatic carbocycles. The van der Waals surface area contributed by atoms with E-state index < -0.39 is 0 Å². The van der Waals surface area contributed by atoms with E-state index in [-0.39, 0.29) is 17.9 Å². The summed E-state index contributed by atoms with van der Waals surface area (Å²) in [4.78, 5) is 30.3. The van der Waals surface area contributed by atoms with Crippen molar-refractivity contribution < 1.29 is 9.59 Å². The Morgan fingerprint density at radius 3 is 2.41 bits per heavy atom. The first-order chi connectivity index (χ1) is 14.0. The number of hydrogen-bond acceptors (Lipinski definition) is 4. The van der Waals surface area contributed by atoms with Gasteiger partial charge in [0.1, 0.15) is 0 Å². The smallest absolute Gasteiger partial charge is 0.241 e. The molecule has 0 saturated carbocycles. The summed E-state index contributed by atoms with van der Waals surface area (Å²) in [6.45, 7) is 4.49. The van der Waals surface area contributed by atoms with E-state index in [9.17, 15) is 9.59 Å². The van der Waals surface area contributed by atoms with Crippen molar-refractivity contribution in [1.82, 2.24) is 9.80 Å². The number of nitrogens with zero attached hydrogens (tertiary/aromatic N) is 2. The van der Waals surface area contributed by atoms with Crippen LogP contribution in [-0.4, -0.2) is 60.1 Å². The third-order valence-electron chi connectivity index (χ3n) is 5.26. The van der Waals surface area contributed by atoms with Crippen LogP contribution in [0.3, 0.4) is 0 Å². The second-order valence-electron chi connectivity index (χ2n) is 7.05. The van der Waals surface area contributed by atoms with Crippen LogP contribution in [0, 0.1) is 0 Å². The first kappa shape index (κ1) is 21.7. The van der Waals surface area contributed by atoms with Crippen LogP contribution in [-0.2, 0) is 16.0 Å². The van der Waals surface area contributed by atoms with Gasteiger partial charge in [-0.1, -0.05) is 41.9 Å². The summed E-state index contributed by atoms with van der Waals surface area (Å²) in [5.74, 6) is 0.0473. The number of piperazine rings is 1. The van der Waals surface area contributed by atoms with Crippen molar-refractivity contribution in [2.45, 2.75) is 24.3 Å². The van der Waals surface area contributed by atoms with Gasteiger partial charge in [-0.2, -0.15) is 0 Å². The number of thioether (sulfide) groups is 1. The van der Waals surface area contributed by atoms with Crippen LogP contribution < -0.4 is 5.32 Å². The van der Waals surface area contributed by atoms with Gasteiger partial charge in [0.05, 0.1) is 18.2 Å². The lowest BCUT2D eigenvalue weighted by Gasteiger charge is -2.37. The third kappa shape index (κ3) is 5.53. The molecule has 0 bridgehead atoms. The average Bonchev–Trinajstić information content (AvgIpc) is 2.75. The molecule has 5 nitrogen and oxygen atoms in total. The highest BCUT2D eigenvalue weighted by Crippen LogP contribution is 2.25. The Morgan fingerprint density at radius 1 is 1.07 bits per heavy atom. The lowest BCUT2D eigenvalue weighted by molar-refractivity contribution is -0.133. The van der Waals surface area contributed by atoms with Crippen LogP contribution in [0.25, 0.3) is 0 Å². The second-order valence-corrected chi connectivity index (χ2v) is 8.31. The van der Waals surface area contributed by atoms with E-state index in [1.165, 1.54) is 0 Å². The van der Waals surface area contributed by atoms with Crippen LogP contribution in [0.1, 0.15) is 12.5 Å². The molecule has 0 spiro atoms. The number of rotatable bonds is 6. The third-order valence-corrected chi connectivity index (χ3v) is 6.42. The molecule has 2 aromatic rings. The number of para-hydroxylation sites is 1. The monoisotopic (exact) mass is 431 g/mol. The molecule has 0 aromatic heterocycles. The number of nitrogens with one attached hydrogen (secondary N) is 1. The molecule has 0 radical (unpaired) electrons. The molecule has 7 heteroatoms. The van der Waals surface area contributed by atoms with Crippen LogP contribution in [0.4, 0.5) is 5.69 Å². The zero-order chi connectivity index (χ0) is 20.8. The zero-order valence-corrected chi connectivity index (χ0v) is 18.3. The highest BCUT2D eigenvalue weighted by molar-refractivity contribution is 7.98. The Balaban J connectivity index is 1.52. The fraction of sp³-hybridized carbons (Fsp3) is 0.364. The summed E-state index contributed by atoms with van der Waals surface area (Å²) in [7, 11) is 0. The number of carbonyl (C=O) groups excluding carboxylic acids is 2. The van der Waals surface area contributed by atoms with E-state index in [0.717, 1.165) is 16.1 Å². The van der Waals surface area contributed by atoms with Crippen LogP contribution in [0.2, 0.25) is 5.02 Å². The average molecular weight is 432 g/mol. The van der Waals surface area contributed by atoms with Gasteiger partial charge >= 0.3 is 0 Å². The van der Waals surface area contributed by atoms with Crippen LogP contribution >= 0.6 is 23.4 Å². The van der Waals surface area contributed by atoms with Crippen molar-refractivity contribution in [2.75, 3.05) is 37.8 Å². The van der Waals surface area contributed by atoms with Gasteiger partial charge in [-0.15, -0.1) is 11.8 Å². The minimum atomic E-state index is -0.259.